The van der Waals surface area contributed by atoms with Crippen LogP contribution in [0.4, 0.5) is 0 Å². The normalized spacial score (nSPS) is 31.3. The molecular formula is C26H37N3O5. The Balaban J connectivity index is 1.68. The molecule has 3 saturated heterocycles. The molecule has 3 N–H and O–H groups in total. The van der Waals surface area contributed by atoms with Crippen LogP contribution in [0, 0.1) is 17.8 Å². The fraction of sp³-hybridized carbons (Fsp3) is 0.654. The van der Waals surface area contributed by atoms with Crippen molar-refractivity contribution < 1.29 is 24.2 Å². The molecule has 0 aromatic heterocycles. The number of carbonyl (C=O) groups is 3. The van der Waals surface area contributed by atoms with Gasteiger partial charge in [0, 0.05) is 13.1 Å². The summed E-state index contributed by atoms with van der Waals surface area (Å²) >= 11 is 0. The number of fused-ring (bicyclic) bond motifs is 1. The summed E-state index contributed by atoms with van der Waals surface area (Å²) in [5.74, 6) is -2.07. The van der Waals surface area contributed by atoms with Crippen LogP contribution in [-0.4, -0.2) is 64.7 Å². The van der Waals surface area contributed by atoms with E-state index in [0.717, 1.165) is 18.4 Å². The fourth-order valence-electron chi connectivity index (χ4n) is 6.11. The van der Waals surface area contributed by atoms with Gasteiger partial charge in [0.1, 0.15) is 11.6 Å². The Morgan fingerprint density at radius 3 is 2.59 bits per heavy atom. The Labute approximate surface area is 201 Å². The molecule has 7 atom stereocenters. The van der Waals surface area contributed by atoms with Gasteiger partial charge in [-0.05, 0) is 30.7 Å². The number of nitrogens with zero attached hydrogens (tertiary/aromatic N) is 1. The average molecular weight is 472 g/mol. The molecule has 3 fully saturated rings. The van der Waals surface area contributed by atoms with Crippen molar-refractivity contribution in [3.8, 4) is 0 Å². The third-order valence-corrected chi connectivity index (χ3v) is 7.99. The second-order valence-electron chi connectivity index (χ2n) is 9.93. The number of likely N-dealkylation sites (tertiary alicyclic amines) is 1. The second kappa shape index (κ2) is 10.0. The molecule has 3 heterocycles. The Kier molecular flexibility index (Phi) is 7.28. The van der Waals surface area contributed by atoms with Gasteiger partial charge in [0.15, 0.2) is 0 Å². The van der Waals surface area contributed by atoms with E-state index in [1.54, 1.807) is 4.90 Å². The lowest BCUT2D eigenvalue weighted by Crippen LogP contribution is -2.59. The highest BCUT2D eigenvalue weighted by Gasteiger charge is 2.75. The van der Waals surface area contributed by atoms with Crippen molar-refractivity contribution in [1.82, 2.24) is 15.5 Å². The molecule has 0 aliphatic carbocycles. The summed E-state index contributed by atoms with van der Waals surface area (Å²) in [6.45, 7) is 6.57. The number of carbonyl (C=O) groups excluding carboxylic acids is 3. The van der Waals surface area contributed by atoms with Gasteiger partial charge >= 0.3 is 0 Å². The molecule has 8 nitrogen and oxygen atoms in total. The lowest BCUT2D eigenvalue weighted by Gasteiger charge is -2.38. The van der Waals surface area contributed by atoms with Crippen LogP contribution in [0.5, 0.6) is 0 Å². The van der Waals surface area contributed by atoms with Crippen LogP contribution in [0.25, 0.3) is 0 Å². The smallest absolute Gasteiger partial charge is 0.246 e. The molecule has 2 unspecified atom stereocenters. The van der Waals surface area contributed by atoms with E-state index < -0.39 is 29.5 Å². The topological polar surface area (TPSA) is 108 Å². The molecule has 0 radical (unpaired) electrons. The molecule has 3 aliphatic heterocycles. The van der Waals surface area contributed by atoms with E-state index in [2.05, 4.69) is 10.6 Å². The molecule has 3 amide bonds. The van der Waals surface area contributed by atoms with Crippen molar-refractivity contribution in [2.45, 2.75) is 76.8 Å². The number of hydrogen-bond acceptors (Lipinski definition) is 5. The van der Waals surface area contributed by atoms with Gasteiger partial charge in [-0.3, -0.25) is 14.4 Å². The maximum Gasteiger partial charge on any atom is 0.246 e. The molecule has 1 aromatic rings. The molecule has 8 heteroatoms. The van der Waals surface area contributed by atoms with Crippen molar-refractivity contribution in [3.63, 3.8) is 0 Å². The number of nitrogens with one attached hydrogen (secondary N) is 2. The van der Waals surface area contributed by atoms with E-state index in [1.807, 2.05) is 51.1 Å². The number of aliphatic hydroxyl groups is 1. The molecule has 34 heavy (non-hydrogen) atoms. The van der Waals surface area contributed by atoms with Crippen molar-refractivity contribution in [2.24, 2.45) is 17.8 Å². The summed E-state index contributed by atoms with van der Waals surface area (Å²) in [7, 11) is 0. The Bertz CT molecular complexity index is 909. The summed E-state index contributed by atoms with van der Waals surface area (Å²) < 4.78 is 6.43. The zero-order chi connectivity index (χ0) is 24.5. The van der Waals surface area contributed by atoms with E-state index in [9.17, 15) is 19.5 Å². The second-order valence-corrected chi connectivity index (χ2v) is 9.93. The predicted octanol–water partition coefficient (Wildman–Crippen LogP) is 1.61. The van der Waals surface area contributed by atoms with Gasteiger partial charge in [0.05, 0.1) is 30.6 Å². The third kappa shape index (κ3) is 4.01. The number of rotatable bonds is 10. The Morgan fingerprint density at radius 2 is 1.94 bits per heavy atom. The number of benzene rings is 1. The Morgan fingerprint density at radius 1 is 1.21 bits per heavy atom. The summed E-state index contributed by atoms with van der Waals surface area (Å²) in [5, 5.41) is 16.2. The van der Waals surface area contributed by atoms with Crippen LogP contribution < -0.4 is 10.6 Å². The molecule has 186 valence electrons. The first kappa shape index (κ1) is 24.7. The predicted molar refractivity (Wildman–Crippen MR) is 126 cm³/mol. The average Bonchev–Trinajstić information content (AvgIpc) is 3.50. The van der Waals surface area contributed by atoms with Crippen molar-refractivity contribution in [3.05, 3.63) is 35.9 Å². The van der Waals surface area contributed by atoms with E-state index >= 15 is 0 Å². The third-order valence-electron chi connectivity index (χ3n) is 7.99. The van der Waals surface area contributed by atoms with Crippen molar-refractivity contribution in [2.75, 3.05) is 13.2 Å². The summed E-state index contributed by atoms with van der Waals surface area (Å²) in [4.78, 5) is 42.3. The van der Waals surface area contributed by atoms with Gasteiger partial charge in [-0.15, -0.1) is 0 Å². The van der Waals surface area contributed by atoms with Crippen LogP contribution >= 0.6 is 0 Å². The highest BCUT2D eigenvalue weighted by atomic mass is 16.5. The lowest BCUT2D eigenvalue weighted by molar-refractivity contribution is -0.147. The van der Waals surface area contributed by atoms with Crippen LogP contribution in [0.3, 0.4) is 0 Å². The zero-order valence-corrected chi connectivity index (χ0v) is 20.3. The highest BCUT2D eigenvalue weighted by molar-refractivity contribution is 5.99. The van der Waals surface area contributed by atoms with E-state index in [0.29, 0.717) is 25.9 Å². The van der Waals surface area contributed by atoms with Gasteiger partial charge in [0.2, 0.25) is 17.7 Å². The number of aliphatic hydroxyl groups excluding tert-OH is 1. The SMILES string of the molecule is CCCNC(=O)[C@@H]1[C@@H]2CCC3(O2)C(C(=O)NCc2ccccc2)N([C@@H](CO)[C@@H](C)CC)C(=O)[C@H]13. The largest absolute Gasteiger partial charge is 0.394 e. The van der Waals surface area contributed by atoms with Crippen LogP contribution in [-0.2, 0) is 25.7 Å². The minimum Gasteiger partial charge on any atom is -0.394 e. The fourth-order valence-corrected chi connectivity index (χ4v) is 6.11. The molecular weight excluding hydrogens is 434 g/mol. The van der Waals surface area contributed by atoms with Gasteiger partial charge in [-0.2, -0.15) is 0 Å². The van der Waals surface area contributed by atoms with Gasteiger partial charge in [-0.25, -0.2) is 0 Å². The number of ether oxygens (including phenoxy) is 1. The van der Waals surface area contributed by atoms with Gasteiger partial charge in [-0.1, -0.05) is 57.5 Å². The molecule has 2 bridgehead atoms. The molecule has 4 rings (SSSR count). The van der Waals surface area contributed by atoms with Crippen LogP contribution in [0.15, 0.2) is 30.3 Å². The number of amides is 3. The van der Waals surface area contributed by atoms with E-state index in [-0.39, 0.29) is 36.4 Å². The van der Waals surface area contributed by atoms with E-state index in [4.69, 9.17) is 4.74 Å². The number of hydrogen-bond donors (Lipinski definition) is 3. The van der Waals surface area contributed by atoms with Crippen molar-refractivity contribution >= 4 is 17.7 Å². The molecule has 3 aliphatic rings. The maximum absolute atomic E-state index is 13.9. The van der Waals surface area contributed by atoms with E-state index in [1.165, 1.54) is 0 Å². The van der Waals surface area contributed by atoms with Crippen LogP contribution in [0.2, 0.25) is 0 Å². The quantitative estimate of drug-likeness (QED) is 0.481. The summed E-state index contributed by atoms with van der Waals surface area (Å²) in [6, 6.07) is 8.20. The molecule has 1 aromatic carbocycles. The van der Waals surface area contributed by atoms with Gasteiger partial charge in [0.25, 0.3) is 0 Å². The first-order chi connectivity index (χ1) is 16.4. The first-order valence-electron chi connectivity index (χ1n) is 12.6. The highest BCUT2D eigenvalue weighted by Crippen LogP contribution is 2.59. The summed E-state index contributed by atoms with van der Waals surface area (Å²) in [6.07, 6.45) is 2.36. The zero-order valence-electron chi connectivity index (χ0n) is 20.3. The first-order valence-corrected chi connectivity index (χ1v) is 12.6. The molecule has 1 spiro atoms. The van der Waals surface area contributed by atoms with Crippen molar-refractivity contribution in [1.29, 1.82) is 0 Å². The lowest BCUT2D eigenvalue weighted by atomic mass is 9.70. The monoisotopic (exact) mass is 471 g/mol. The minimum atomic E-state index is -1.04. The molecule has 0 saturated carbocycles. The standard InChI is InChI=1S/C26H37N3O5/c1-4-13-27-23(31)20-19-11-12-26(34-19)21(20)25(33)29(18(15-30)16(3)5-2)22(26)24(32)28-14-17-9-7-6-8-10-17/h6-10,16,18-22,30H,4-5,11-15H2,1-3H3,(H,27,31)(H,28,32)/t16-,18-,19-,20+,21-,22?,26?/m0/s1. The minimum absolute atomic E-state index is 0.0156. The Hall–Kier alpha value is -2.45. The summed E-state index contributed by atoms with van der Waals surface area (Å²) in [5.41, 5.74) is -0.0904. The maximum atomic E-state index is 13.9. The van der Waals surface area contributed by atoms with Crippen LogP contribution in [0.1, 0.15) is 52.0 Å². The van der Waals surface area contributed by atoms with Gasteiger partial charge < -0.3 is 25.4 Å².